The third-order valence-electron chi connectivity index (χ3n) is 3.62. The van der Waals surface area contributed by atoms with E-state index in [1.54, 1.807) is 0 Å². The zero-order valence-electron chi connectivity index (χ0n) is 12.2. The molecule has 4 heteroatoms. The van der Waals surface area contributed by atoms with Gasteiger partial charge < -0.3 is 10.6 Å². The first-order valence-corrected chi connectivity index (χ1v) is 7.35. The molecular weight excluding hydrogens is 254 g/mol. The van der Waals surface area contributed by atoms with Crippen LogP contribution in [-0.2, 0) is 0 Å². The van der Waals surface area contributed by atoms with Gasteiger partial charge in [0.15, 0.2) is 0 Å². The number of pyridine rings is 1. The SMILES string of the molecule is Cc1cc(C)c(C(N)=S)c(N(CC2CC2)C(C)C)n1. The van der Waals surface area contributed by atoms with Crippen molar-refractivity contribution in [1.82, 2.24) is 4.98 Å². The molecule has 1 saturated carbocycles. The molecular formula is C15H23N3S. The van der Waals surface area contributed by atoms with Gasteiger partial charge >= 0.3 is 0 Å². The molecule has 2 N–H and O–H groups in total. The van der Waals surface area contributed by atoms with E-state index < -0.39 is 0 Å². The Hall–Kier alpha value is -1.16. The Labute approximate surface area is 121 Å². The standard InChI is InChI=1S/C15H23N3S/c1-9(2)18(8-12-5-6-12)15-13(14(16)19)10(3)7-11(4)17-15/h7,9,12H,5-6,8H2,1-4H3,(H2,16,19). The average Bonchev–Trinajstić information content (AvgIpc) is 3.07. The second-order valence-corrected chi connectivity index (χ2v) is 6.27. The van der Waals surface area contributed by atoms with Crippen molar-refractivity contribution in [2.45, 2.75) is 46.6 Å². The maximum Gasteiger partial charge on any atom is 0.139 e. The van der Waals surface area contributed by atoms with Crippen LogP contribution in [-0.4, -0.2) is 22.6 Å². The maximum atomic E-state index is 5.91. The van der Waals surface area contributed by atoms with Crippen molar-refractivity contribution < 1.29 is 0 Å². The lowest BCUT2D eigenvalue weighted by Gasteiger charge is -2.30. The molecule has 0 unspecified atom stereocenters. The minimum atomic E-state index is 0.405. The molecule has 1 aliphatic rings. The van der Waals surface area contributed by atoms with E-state index in [0.717, 1.165) is 35.1 Å². The van der Waals surface area contributed by atoms with E-state index in [0.29, 0.717) is 11.0 Å². The number of nitrogens with zero attached hydrogens (tertiary/aromatic N) is 2. The van der Waals surface area contributed by atoms with Crippen LogP contribution < -0.4 is 10.6 Å². The van der Waals surface area contributed by atoms with Crippen molar-refractivity contribution in [2.75, 3.05) is 11.4 Å². The largest absolute Gasteiger partial charge is 0.389 e. The Morgan fingerprint density at radius 2 is 2.11 bits per heavy atom. The molecule has 0 amide bonds. The molecule has 1 aromatic heterocycles. The van der Waals surface area contributed by atoms with Crippen LogP contribution >= 0.6 is 12.2 Å². The number of thiocarbonyl (C=S) groups is 1. The lowest BCUT2D eigenvalue weighted by molar-refractivity contribution is 0.635. The van der Waals surface area contributed by atoms with Gasteiger partial charge in [-0.1, -0.05) is 12.2 Å². The van der Waals surface area contributed by atoms with Crippen molar-refractivity contribution in [3.63, 3.8) is 0 Å². The predicted octanol–water partition coefficient (Wildman–Crippen LogP) is 2.96. The van der Waals surface area contributed by atoms with Gasteiger partial charge in [-0.15, -0.1) is 0 Å². The summed E-state index contributed by atoms with van der Waals surface area (Å²) in [7, 11) is 0. The molecule has 0 saturated heterocycles. The molecule has 0 atom stereocenters. The van der Waals surface area contributed by atoms with Crippen LogP contribution in [0.3, 0.4) is 0 Å². The molecule has 104 valence electrons. The van der Waals surface area contributed by atoms with Gasteiger partial charge in [-0.05, 0) is 58.1 Å². The van der Waals surface area contributed by atoms with Gasteiger partial charge in [-0.3, -0.25) is 0 Å². The van der Waals surface area contributed by atoms with Gasteiger partial charge in [0, 0.05) is 18.3 Å². The molecule has 0 spiro atoms. The lowest BCUT2D eigenvalue weighted by atomic mass is 10.1. The smallest absolute Gasteiger partial charge is 0.139 e. The molecule has 2 rings (SSSR count). The fourth-order valence-corrected chi connectivity index (χ4v) is 2.70. The van der Waals surface area contributed by atoms with Crippen LogP contribution in [0.25, 0.3) is 0 Å². The van der Waals surface area contributed by atoms with Crippen LogP contribution in [0.5, 0.6) is 0 Å². The number of hydrogen-bond donors (Lipinski definition) is 1. The number of rotatable bonds is 5. The number of aryl methyl sites for hydroxylation is 2. The van der Waals surface area contributed by atoms with Gasteiger partial charge in [0.1, 0.15) is 10.8 Å². The Bertz CT molecular complexity index is 492. The summed E-state index contributed by atoms with van der Waals surface area (Å²) in [5, 5.41) is 0. The second-order valence-electron chi connectivity index (χ2n) is 5.83. The molecule has 0 aliphatic heterocycles. The van der Waals surface area contributed by atoms with Crippen molar-refractivity contribution in [3.8, 4) is 0 Å². The van der Waals surface area contributed by atoms with E-state index in [9.17, 15) is 0 Å². The van der Waals surface area contributed by atoms with Gasteiger partial charge in [0.25, 0.3) is 0 Å². The highest BCUT2D eigenvalue weighted by molar-refractivity contribution is 7.80. The van der Waals surface area contributed by atoms with E-state index in [1.807, 2.05) is 13.0 Å². The fraction of sp³-hybridized carbons (Fsp3) is 0.600. The summed E-state index contributed by atoms with van der Waals surface area (Å²) in [6.45, 7) is 9.54. The monoisotopic (exact) mass is 277 g/mol. The normalized spacial score (nSPS) is 14.8. The summed E-state index contributed by atoms with van der Waals surface area (Å²) >= 11 is 5.23. The maximum absolute atomic E-state index is 5.91. The van der Waals surface area contributed by atoms with Crippen LogP contribution in [0.4, 0.5) is 5.82 Å². The molecule has 19 heavy (non-hydrogen) atoms. The molecule has 0 radical (unpaired) electrons. The quantitative estimate of drug-likeness (QED) is 0.840. The van der Waals surface area contributed by atoms with Crippen LogP contribution in [0.15, 0.2) is 6.07 Å². The highest BCUT2D eigenvalue weighted by Crippen LogP contribution is 2.33. The van der Waals surface area contributed by atoms with E-state index in [-0.39, 0.29) is 0 Å². The van der Waals surface area contributed by atoms with Gasteiger partial charge in [0.05, 0.1) is 5.56 Å². The number of hydrogen-bond acceptors (Lipinski definition) is 3. The van der Waals surface area contributed by atoms with Crippen LogP contribution in [0.2, 0.25) is 0 Å². The van der Waals surface area contributed by atoms with E-state index in [4.69, 9.17) is 22.9 Å². The summed E-state index contributed by atoms with van der Waals surface area (Å²) in [5.41, 5.74) is 9.00. The van der Waals surface area contributed by atoms with E-state index >= 15 is 0 Å². The highest BCUT2D eigenvalue weighted by Gasteiger charge is 2.28. The fourth-order valence-electron chi connectivity index (χ4n) is 2.45. The summed E-state index contributed by atoms with van der Waals surface area (Å²) in [6, 6.07) is 2.45. The Balaban J connectivity index is 2.46. The molecule has 1 fully saturated rings. The first-order chi connectivity index (χ1) is 8.90. The zero-order valence-corrected chi connectivity index (χ0v) is 13.0. The minimum absolute atomic E-state index is 0.405. The van der Waals surface area contributed by atoms with E-state index in [2.05, 4.69) is 25.7 Å². The molecule has 1 heterocycles. The molecule has 0 bridgehead atoms. The van der Waals surface area contributed by atoms with Crippen LogP contribution in [0, 0.1) is 19.8 Å². The third-order valence-corrected chi connectivity index (χ3v) is 3.82. The van der Waals surface area contributed by atoms with Gasteiger partial charge in [-0.2, -0.15) is 0 Å². The average molecular weight is 277 g/mol. The number of anilines is 1. The number of nitrogens with two attached hydrogens (primary N) is 1. The Morgan fingerprint density at radius 1 is 1.47 bits per heavy atom. The highest BCUT2D eigenvalue weighted by atomic mass is 32.1. The van der Waals surface area contributed by atoms with Crippen molar-refractivity contribution in [2.24, 2.45) is 11.7 Å². The topological polar surface area (TPSA) is 42.1 Å². The molecule has 1 aliphatic carbocycles. The Morgan fingerprint density at radius 3 is 2.58 bits per heavy atom. The predicted molar refractivity (Wildman–Crippen MR) is 84.8 cm³/mol. The molecule has 3 nitrogen and oxygen atoms in total. The van der Waals surface area contributed by atoms with E-state index in [1.165, 1.54) is 12.8 Å². The van der Waals surface area contributed by atoms with Gasteiger partial charge in [0.2, 0.25) is 0 Å². The zero-order chi connectivity index (χ0) is 14.2. The molecule has 1 aromatic rings. The van der Waals surface area contributed by atoms with Crippen molar-refractivity contribution in [3.05, 3.63) is 22.9 Å². The number of aromatic nitrogens is 1. The third kappa shape index (κ3) is 3.24. The summed E-state index contributed by atoms with van der Waals surface area (Å²) in [4.78, 5) is 7.52. The first-order valence-electron chi connectivity index (χ1n) is 6.94. The second kappa shape index (κ2) is 5.45. The van der Waals surface area contributed by atoms with Crippen molar-refractivity contribution >= 4 is 23.0 Å². The minimum Gasteiger partial charge on any atom is -0.389 e. The van der Waals surface area contributed by atoms with Crippen LogP contribution in [0.1, 0.15) is 43.5 Å². The lowest BCUT2D eigenvalue weighted by Crippen LogP contribution is -2.35. The first kappa shape index (κ1) is 14.3. The molecule has 0 aromatic carbocycles. The Kier molecular flexibility index (Phi) is 4.09. The van der Waals surface area contributed by atoms with Crippen molar-refractivity contribution in [1.29, 1.82) is 0 Å². The summed E-state index contributed by atoms with van der Waals surface area (Å²) in [5.74, 6) is 1.77. The summed E-state index contributed by atoms with van der Waals surface area (Å²) < 4.78 is 0. The summed E-state index contributed by atoms with van der Waals surface area (Å²) in [6.07, 6.45) is 2.66. The van der Waals surface area contributed by atoms with Gasteiger partial charge in [-0.25, -0.2) is 4.98 Å².